The van der Waals surface area contributed by atoms with Gasteiger partial charge in [-0.15, -0.1) is 0 Å². The van der Waals surface area contributed by atoms with Gasteiger partial charge in [0.05, 0.1) is 11.1 Å². The lowest BCUT2D eigenvalue weighted by atomic mass is 9.58. The van der Waals surface area contributed by atoms with E-state index >= 15 is 0 Å². The fraction of sp³-hybridized carbons (Fsp3) is 0.622. The van der Waals surface area contributed by atoms with Gasteiger partial charge >= 0.3 is 5.97 Å². The normalized spacial score (nSPS) is 37.9. The SMILES string of the molecule is CC(=O)c1c(O)c(C)c(O)c2c1OC1=CC(=O)/C(=C(/C)NCCCC(=O)OC3OC4OC5(C)CCC6[C@H](C)CCC(C3C)C46OO5)C(=O)C12C. The molecule has 4 saturated heterocycles. The number of rotatable bonds is 7. The van der Waals surface area contributed by atoms with E-state index in [-0.39, 0.29) is 70.2 Å². The highest BCUT2D eigenvalue weighted by molar-refractivity contribution is 6.31. The zero-order valence-corrected chi connectivity index (χ0v) is 29.5. The van der Waals surface area contributed by atoms with Crippen LogP contribution in [0.2, 0.25) is 0 Å². The van der Waals surface area contributed by atoms with E-state index in [4.69, 9.17) is 28.7 Å². The number of ether oxygens (including phenoxy) is 4. The molecule has 0 radical (unpaired) electrons. The van der Waals surface area contributed by atoms with Gasteiger partial charge in [-0.05, 0) is 72.1 Å². The maximum Gasteiger partial charge on any atom is 0.308 e. The number of aromatic hydroxyl groups is 2. The first-order valence-corrected chi connectivity index (χ1v) is 17.5. The number of Topliss-reactive ketones (excluding diaryl/α,β-unsaturated/α-hetero) is 2. The second-order valence-electron chi connectivity index (χ2n) is 15.2. The van der Waals surface area contributed by atoms with Gasteiger partial charge in [0.25, 0.3) is 0 Å². The van der Waals surface area contributed by atoms with Gasteiger partial charge < -0.3 is 34.5 Å². The molecule has 9 atom stereocenters. The van der Waals surface area contributed by atoms with Gasteiger partial charge in [0.1, 0.15) is 34.0 Å². The van der Waals surface area contributed by atoms with Gasteiger partial charge in [0.15, 0.2) is 29.2 Å². The lowest BCUT2D eigenvalue weighted by molar-refractivity contribution is -0.576. The van der Waals surface area contributed by atoms with Crippen molar-refractivity contribution < 1.29 is 58.1 Å². The molecule has 0 aromatic heterocycles. The summed E-state index contributed by atoms with van der Waals surface area (Å²) in [4.78, 5) is 64.8. The van der Waals surface area contributed by atoms with E-state index in [2.05, 4.69) is 12.2 Å². The Balaban J connectivity index is 1.02. The van der Waals surface area contributed by atoms with Crippen molar-refractivity contribution in [1.82, 2.24) is 5.32 Å². The number of carbonyl (C=O) groups excluding carboxylic acids is 4. The summed E-state index contributed by atoms with van der Waals surface area (Å²) in [6.07, 6.45) is 3.49. The third-order valence-electron chi connectivity index (χ3n) is 12.1. The number of nitrogens with one attached hydrogen (secondary N) is 1. The van der Waals surface area contributed by atoms with Crippen molar-refractivity contribution in [2.24, 2.45) is 23.7 Å². The zero-order valence-electron chi connectivity index (χ0n) is 29.5. The molecule has 50 heavy (non-hydrogen) atoms. The third kappa shape index (κ3) is 4.87. The molecule has 0 amide bonds. The van der Waals surface area contributed by atoms with Crippen molar-refractivity contribution in [3.63, 3.8) is 0 Å². The molecular formula is C37H45NO12. The standard InChI is InChI=1S/C37H45NO12/c1-16-10-11-22-17(2)33(47-34-37(22)21(16)12-13-35(6,48-34)49-50-37)46-25(41)9-8-14-38-19(4)26-23(40)15-24-36(7,32(26)44)28-30(43)18(3)29(42)27(20(5)39)31(28)45-24/h15-17,21-22,33-34,38,42-43H,8-14H2,1-7H3/b26-19+/t16-,17?,21?,22?,33?,34?,35?,36?,37?/m1/s1. The molecule has 3 N–H and O–H groups in total. The van der Waals surface area contributed by atoms with Gasteiger partial charge in [-0.3, -0.25) is 19.2 Å². The Bertz CT molecular complexity index is 1760. The highest BCUT2D eigenvalue weighted by Crippen LogP contribution is 2.61. The largest absolute Gasteiger partial charge is 0.507 e. The Morgan fingerprint density at radius 1 is 1.04 bits per heavy atom. The molecule has 2 aliphatic carbocycles. The zero-order chi connectivity index (χ0) is 36.1. The molecule has 13 nitrogen and oxygen atoms in total. The van der Waals surface area contributed by atoms with Crippen molar-refractivity contribution in [3.8, 4) is 17.2 Å². The molecule has 5 aliphatic heterocycles. The topological polar surface area (TPSA) is 176 Å². The van der Waals surface area contributed by atoms with E-state index in [1.165, 1.54) is 26.8 Å². The van der Waals surface area contributed by atoms with Crippen LogP contribution >= 0.6 is 0 Å². The van der Waals surface area contributed by atoms with E-state index in [0.717, 1.165) is 19.3 Å². The van der Waals surface area contributed by atoms with E-state index in [1.54, 1.807) is 6.92 Å². The first kappa shape index (κ1) is 34.7. The van der Waals surface area contributed by atoms with Crippen molar-refractivity contribution in [3.05, 3.63) is 39.8 Å². The molecule has 5 heterocycles. The number of hydrogen-bond acceptors (Lipinski definition) is 13. The number of fused-ring (bicyclic) bond motifs is 5. The highest BCUT2D eigenvalue weighted by atomic mass is 17.3. The predicted molar refractivity (Wildman–Crippen MR) is 173 cm³/mol. The number of phenols is 2. The molecule has 7 aliphatic rings. The predicted octanol–water partition coefficient (Wildman–Crippen LogP) is 4.69. The second-order valence-corrected chi connectivity index (χ2v) is 15.2. The van der Waals surface area contributed by atoms with Gasteiger partial charge in [0.2, 0.25) is 12.1 Å². The minimum Gasteiger partial charge on any atom is -0.507 e. The first-order chi connectivity index (χ1) is 23.5. The van der Waals surface area contributed by atoms with Crippen molar-refractivity contribution in [2.45, 2.75) is 116 Å². The Kier molecular flexibility index (Phi) is 8.25. The van der Waals surface area contributed by atoms with Crippen molar-refractivity contribution in [2.75, 3.05) is 6.54 Å². The minimum atomic E-state index is -1.61. The van der Waals surface area contributed by atoms with Crippen LogP contribution < -0.4 is 10.1 Å². The average Bonchev–Trinajstić information content (AvgIpc) is 3.16. The summed E-state index contributed by atoms with van der Waals surface area (Å²) in [5.74, 6) is -3.70. The van der Waals surface area contributed by atoms with Crippen LogP contribution in [-0.4, -0.2) is 64.0 Å². The number of ketones is 3. The van der Waals surface area contributed by atoms with Crippen LogP contribution in [0.25, 0.3) is 0 Å². The van der Waals surface area contributed by atoms with Gasteiger partial charge in [-0.2, -0.15) is 0 Å². The first-order valence-electron chi connectivity index (χ1n) is 17.5. The molecule has 2 bridgehead atoms. The summed E-state index contributed by atoms with van der Waals surface area (Å²) < 4.78 is 24.4. The molecule has 8 rings (SSSR count). The van der Waals surface area contributed by atoms with Crippen molar-refractivity contribution in [1.29, 1.82) is 0 Å². The summed E-state index contributed by atoms with van der Waals surface area (Å²) in [5, 5.41) is 24.7. The van der Waals surface area contributed by atoms with E-state index < -0.39 is 64.2 Å². The fourth-order valence-electron chi connectivity index (χ4n) is 9.15. The number of hydrogen-bond donors (Lipinski definition) is 3. The smallest absolute Gasteiger partial charge is 0.308 e. The number of allylic oxidation sites excluding steroid dienone is 4. The number of carbonyl (C=O) groups is 4. The maximum absolute atomic E-state index is 14.0. The number of benzene rings is 1. The third-order valence-corrected chi connectivity index (χ3v) is 12.1. The van der Waals surface area contributed by atoms with Crippen molar-refractivity contribution >= 4 is 23.3 Å². The maximum atomic E-state index is 14.0. The Morgan fingerprint density at radius 2 is 1.78 bits per heavy atom. The molecule has 1 spiro atoms. The molecule has 5 fully saturated rings. The van der Waals surface area contributed by atoms with Gasteiger partial charge in [-0.25, -0.2) is 9.78 Å². The average molecular weight is 696 g/mol. The molecule has 13 heteroatoms. The van der Waals surface area contributed by atoms with Crippen LogP contribution in [0.3, 0.4) is 0 Å². The van der Waals surface area contributed by atoms with Crippen LogP contribution in [0.15, 0.2) is 23.1 Å². The highest BCUT2D eigenvalue weighted by Gasteiger charge is 2.70. The van der Waals surface area contributed by atoms with Crippen LogP contribution in [0.5, 0.6) is 17.2 Å². The van der Waals surface area contributed by atoms with E-state index in [0.29, 0.717) is 18.8 Å². The quantitative estimate of drug-likeness (QED) is 0.0895. The number of phenolic OH excluding ortho intramolecular Hbond substituents is 2. The summed E-state index contributed by atoms with van der Waals surface area (Å²) in [6, 6.07) is 0. The molecule has 1 aromatic carbocycles. The second kappa shape index (κ2) is 11.9. The van der Waals surface area contributed by atoms with Crippen LogP contribution in [0.4, 0.5) is 0 Å². The molecule has 1 aromatic rings. The number of esters is 1. The minimum absolute atomic E-state index is 0.0173. The Hall–Kier alpha value is -3.78. The summed E-state index contributed by atoms with van der Waals surface area (Å²) >= 11 is 0. The monoisotopic (exact) mass is 695 g/mol. The Morgan fingerprint density at radius 3 is 2.50 bits per heavy atom. The van der Waals surface area contributed by atoms with Gasteiger partial charge in [0, 0.05) is 48.6 Å². The van der Waals surface area contributed by atoms with Crippen LogP contribution in [0.1, 0.15) is 102 Å². The molecular weight excluding hydrogens is 650 g/mol. The van der Waals surface area contributed by atoms with Crippen LogP contribution in [0, 0.1) is 30.6 Å². The molecule has 8 unspecified atom stereocenters. The fourth-order valence-corrected chi connectivity index (χ4v) is 9.15. The van der Waals surface area contributed by atoms with E-state index in [9.17, 15) is 29.4 Å². The summed E-state index contributed by atoms with van der Waals surface area (Å²) in [5.41, 5.74) is -2.35. The van der Waals surface area contributed by atoms with Gasteiger partial charge in [-0.1, -0.05) is 13.8 Å². The lowest BCUT2D eigenvalue weighted by Gasteiger charge is -2.59. The molecule has 270 valence electrons. The Labute approximate surface area is 290 Å². The summed E-state index contributed by atoms with van der Waals surface area (Å²) in [6.45, 7) is 12.1. The van der Waals surface area contributed by atoms with E-state index in [1.807, 2.05) is 13.8 Å². The summed E-state index contributed by atoms with van der Waals surface area (Å²) in [7, 11) is 0. The molecule has 1 saturated carbocycles. The lowest BCUT2D eigenvalue weighted by Crippen LogP contribution is -2.70. The van der Waals surface area contributed by atoms with Crippen LogP contribution in [-0.2, 0) is 43.8 Å².